The molecule has 0 spiro atoms. The van der Waals surface area contributed by atoms with Gasteiger partial charge in [-0.1, -0.05) is 18.2 Å². The summed E-state index contributed by atoms with van der Waals surface area (Å²) >= 11 is 0. The van der Waals surface area contributed by atoms with Crippen molar-refractivity contribution in [2.75, 3.05) is 0 Å². The quantitative estimate of drug-likeness (QED) is 0.712. The minimum Gasteiger partial charge on any atom is -0.326 e. The molecule has 4 heteroatoms. The molecule has 0 atom stereocenters. The lowest BCUT2D eigenvalue weighted by Gasteiger charge is -2.11. The average Bonchev–Trinajstić information content (AvgIpc) is 2.77. The lowest BCUT2D eigenvalue weighted by molar-refractivity contribution is -0.144. The van der Waals surface area contributed by atoms with Crippen molar-refractivity contribution in [3.05, 3.63) is 41.6 Å². The van der Waals surface area contributed by atoms with Gasteiger partial charge in [0.25, 0.3) is 5.91 Å². The van der Waals surface area contributed by atoms with E-state index < -0.39 is 11.7 Å². The summed E-state index contributed by atoms with van der Waals surface area (Å²) in [6.45, 7) is 2.21. The summed E-state index contributed by atoms with van der Waals surface area (Å²) in [5.74, 6) is -0.857. The SMILES string of the molecule is CC(=O)C(=O)N1Cc2cc3ccccc3nc2C1. The van der Waals surface area contributed by atoms with Crippen LogP contribution in [-0.4, -0.2) is 21.6 Å². The number of para-hydroxylation sites is 1. The number of carbonyl (C=O) groups is 2. The molecule has 4 nitrogen and oxygen atoms in total. The number of rotatable bonds is 1. The standard InChI is InChI=1S/C14H12N2O2/c1-9(17)14(18)16-7-11-6-10-4-2-3-5-12(10)15-13(11)8-16/h2-6H,7-8H2,1H3. The number of carbonyl (C=O) groups excluding carboxylic acids is 2. The summed E-state index contributed by atoms with van der Waals surface area (Å²) in [5, 5.41) is 1.06. The molecule has 1 aliphatic rings. The van der Waals surface area contributed by atoms with E-state index in [-0.39, 0.29) is 0 Å². The molecule has 90 valence electrons. The number of nitrogens with zero attached hydrogens (tertiary/aromatic N) is 2. The maximum Gasteiger partial charge on any atom is 0.290 e. The fraction of sp³-hybridized carbons (Fsp3) is 0.214. The lowest BCUT2D eigenvalue weighted by Crippen LogP contribution is -2.30. The van der Waals surface area contributed by atoms with Crippen LogP contribution in [0.4, 0.5) is 0 Å². The lowest BCUT2D eigenvalue weighted by atomic mass is 10.1. The molecule has 0 N–H and O–H groups in total. The first-order valence-electron chi connectivity index (χ1n) is 5.82. The Labute approximate surface area is 104 Å². The highest BCUT2D eigenvalue weighted by molar-refractivity contribution is 6.35. The van der Waals surface area contributed by atoms with E-state index in [1.165, 1.54) is 6.92 Å². The predicted molar refractivity (Wildman–Crippen MR) is 66.7 cm³/mol. The number of hydrogen-bond donors (Lipinski definition) is 0. The number of hydrogen-bond acceptors (Lipinski definition) is 3. The second-order valence-electron chi connectivity index (χ2n) is 4.50. The molecule has 1 aliphatic heterocycles. The zero-order chi connectivity index (χ0) is 12.7. The molecule has 1 amide bonds. The smallest absolute Gasteiger partial charge is 0.290 e. The van der Waals surface area contributed by atoms with E-state index >= 15 is 0 Å². The second kappa shape index (κ2) is 3.91. The largest absolute Gasteiger partial charge is 0.326 e. The molecule has 18 heavy (non-hydrogen) atoms. The molecule has 0 bridgehead atoms. The second-order valence-corrected chi connectivity index (χ2v) is 4.50. The van der Waals surface area contributed by atoms with Crippen LogP contribution in [0.3, 0.4) is 0 Å². The van der Waals surface area contributed by atoms with Crippen molar-refractivity contribution in [1.29, 1.82) is 0 Å². The highest BCUT2D eigenvalue weighted by Crippen LogP contribution is 2.25. The molecule has 1 aromatic carbocycles. The van der Waals surface area contributed by atoms with Crippen molar-refractivity contribution in [3.63, 3.8) is 0 Å². The fourth-order valence-electron chi connectivity index (χ4n) is 2.28. The third-order valence-corrected chi connectivity index (χ3v) is 3.18. The molecule has 3 rings (SSSR count). The van der Waals surface area contributed by atoms with Crippen molar-refractivity contribution in [3.8, 4) is 0 Å². The monoisotopic (exact) mass is 240 g/mol. The van der Waals surface area contributed by atoms with Gasteiger partial charge in [-0.15, -0.1) is 0 Å². The third kappa shape index (κ3) is 1.66. The summed E-state index contributed by atoms with van der Waals surface area (Å²) in [5.41, 5.74) is 2.85. The average molecular weight is 240 g/mol. The van der Waals surface area contributed by atoms with Gasteiger partial charge in [0.05, 0.1) is 17.8 Å². The molecule has 0 unspecified atom stereocenters. The minimum atomic E-state index is -0.433. The number of benzene rings is 1. The van der Waals surface area contributed by atoms with Crippen LogP contribution in [0.25, 0.3) is 10.9 Å². The Balaban J connectivity index is 2.00. The minimum absolute atomic E-state index is 0.424. The van der Waals surface area contributed by atoms with Gasteiger partial charge in [0.1, 0.15) is 0 Å². The van der Waals surface area contributed by atoms with Crippen LogP contribution in [0, 0.1) is 0 Å². The number of aromatic nitrogens is 1. The van der Waals surface area contributed by atoms with Gasteiger partial charge in [-0.3, -0.25) is 14.6 Å². The number of Topliss-reactive ketones (excluding diaryl/α,β-unsaturated/α-hetero) is 1. The van der Waals surface area contributed by atoms with Crippen LogP contribution in [0.1, 0.15) is 18.2 Å². The normalized spacial score (nSPS) is 13.7. The van der Waals surface area contributed by atoms with Gasteiger partial charge in [0.15, 0.2) is 0 Å². The molecule has 0 aliphatic carbocycles. The van der Waals surface area contributed by atoms with Gasteiger partial charge in [-0.2, -0.15) is 0 Å². The van der Waals surface area contributed by atoms with Crippen LogP contribution >= 0.6 is 0 Å². The van der Waals surface area contributed by atoms with Crippen LogP contribution < -0.4 is 0 Å². The fourth-order valence-corrected chi connectivity index (χ4v) is 2.28. The van der Waals surface area contributed by atoms with E-state index in [0.29, 0.717) is 13.1 Å². The highest BCUT2D eigenvalue weighted by atomic mass is 16.2. The van der Waals surface area contributed by atoms with Crippen molar-refractivity contribution in [2.45, 2.75) is 20.0 Å². The van der Waals surface area contributed by atoms with Gasteiger partial charge in [-0.05, 0) is 17.7 Å². The maximum absolute atomic E-state index is 11.7. The Morgan fingerprint density at radius 3 is 2.78 bits per heavy atom. The highest BCUT2D eigenvalue weighted by Gasteiger charge is 2.26. The first-order chi connectivity index (χ1) is 8.65. The van der Waals surface area contributed by atoms with Crippen LogP contribution in [0.2, 0.25) is 0 Å². The summed E-state index contributed by atoms with van der Waals surface area (Å²) in [7, 11) is 0. The van der Waals surface area contributed by atoms with Gasteiger partial charge in [-0.25, -0.2) is 0 Å². The molecular formula is C14H12N2O2. The third-order valence-electron chi connectivity index (χ3n) is 3.18. The zero-order valence-electron chi connectivity index (χ0n) is 10.0. The van der Waals surface area contributed by atoms with Gasteiger partial charge in [0, 0.05) is 18.9 Å². The maximum atomic E-state index is 11.7. The van der Waals surface area contributed by atoms with Crippen LogP contribution in [0.15, 0.2) is 30.3 Å². The first kappa shape index (κ1) is 10.9. The molecular weight excluding hydrogens is 228 g/mol. The topological polar surface area (TPSA) is 50.3 Å². The predicted octanol–water partition coefficient (Wildman–Crippen LogP) is 1.67. The first-order valence-corrected chi connectivity index (χ1v) is 5.82. The van der Waals surface area contributed by atoms with E-state index in [9.17, 15) is 9.59 Å². The summed E-state index contributed by atoms with van der Waals surface area (Å²) in [6.07, 6.45) is 0. The van der Waals surface area contributed by atoms with Crippen molar-refractivity contribution in [2.24, 2.45) is 0 Å². The van der Waals surface area contributed by atoms with E-state index in [2.05, 4.69) is 4.98 Å². The molecule has 0 saturated heterocycles. The van der Waals surface area contributed by atoms with E-state index in [1.807, 2.05) is 30.3 Å². The van der Waals surface area contributed by atoms with E-state index in [1.54, 1.807) is 4.90 Å². The molecule has 1 aromatic heterocycles. The molecule has 0 fully saturated rings. The zero-order valence-corrected chi connectivity index (χ0v) is 10.0. The summed E-state index contributed by atoms with van der Waals surface area (Å²) < 4.78 is 0. The van der Waals surface area contributed by atoms with Gasteiger partial charge < -0.3 is 4.90 Å². The Hall–Kier alpha value is -2.23. The van der Waals surface area contributed by atoms with Crippen LogP contribution in [-0.2, 0) is 22.7 Å². The Morgan fingerprint density at radius 2 is 2.00 bits per heavy atom. The van der Waals surface area contributed by atoms with Crippen molar-refractivity contribution in [1.82, 2.24) is 9.88 Å². The van der Waals surface area contributed by atoms with Crippen molar-refractivity contribution < 1.29 is 9.59 Å². The summed E-state index contributed by atoms with van der Waals surface area (Å²) in [4.78, 5) is 28.8. The molecule has 2 heterocycles. The number of amides is 1. The number of fused-ring (bicyclic) bond motifs is 2. The number of pyridine rings is 1. The Kier molecular flexibility index (Phi) is 2.37. The Morgan fingerprint density at radius 1 is 1.22 bits per heavy atom. The number of ketones is 1. The van der Waals surface area contributed by atoms with E-state index in [4.69, 9.17) is 0 Å². The molecule has 2 aromatic rings. The molecule has 0 saturated carbocycles. The summed E-state index contributed by atoms with van der Waals surface area (Å²) in [6, 6.07) is 9.90. The Bertz CT molecular complexity index is 619. The van der Waals surface area contributed by atoms with Gasteiger partial charge in [0.2, 0.25) is 5.78 Å². The van der Waals surface area contributed by atoms with Gasteiger partial charge >= 0.3 is 0 Å². The molecule has 0 radical (unpaired) electrons. The van der Waals surface area contributed by atoms with Crippen LogP contribution in [0.5, 0.6) is 0 Å². The van der Waals surface area contributed by atoms with E-state index in [0.717, 1.165) is 22.2 Å². The van der Waals surface area contributed by atoms with Crippen molar-refractivity contribution >= 4 is 22.6 Å².